The summed E-state index contributed by atoms with van der Waals surface area (Å²) < 4.78 is 26.2. The zero-order valence-electron chi connectivity index (χ0n) is 14.6. The average molecular weight is 367 g/mol. The number of carbonyl (C=O) groups excluding carboxylic acids is 2. The van der Waals surface area contributed by atoms with Crippen LogP contribution in [-0.4, -0.2) is 44.8 Å². The second kappa shape index (κ2) is 8.44. The van der Waals surface area contributed by atoms with Crippen LogP contribution < -0.4 is 10.0 Å². The molecule has 0 aromatic heterocycles. The first-order chi connectivity index (χ1) is 11.9. The zero-order chi connectivity index (χ0) is 18.4. The largest absolute Gasteiger partial charge is 0.342 e. The molecule has 25 heavy (non-hydrogen) atoms. The standard InChI is InChI=1S/C17H25N3O4S/c1-3-5-10-20-12-13(11-16(20)21)17(22)19-14-6-8-15(9-7-14)25(23,24)18-4-2/h6-9,13,18H,3-5,10-12H2,1-2H3,(H,19,22). The van der Waals surface area contributed by atoms with E-state index in [9.17, 15) is 18.0 Å². The third-order valence-electron chi connectivity index (χ3n) is 4.13. The third-order valence-corrected chi connectivity index (χ3v) is 5.69. The molecule has 0 radical (unpaired) electrons. The van der Waals surface area contributed by atoms with Gasteiger partial charge in [-0.3, -0.25) is 9.59 Å². The molecule has 1 atom stereocenters. The van der Waals surface area contributed by atoms with Crippen molar-refractivity contribution in [2.75, 3.05) is 25.0 Å². The van der Waals surface area contributed by atoms with Crippen molar-refractivity contribution in [1.29, 1.82) is 0 Å². The smallest absolute Gasteiger partial charge is 0.240 e. The van der Waals surface area contributed by atoms with Crippen molar-refractivity contribution in [1.82, 2.24) is 9.62 Å². The lowest BCUT2D eigenvalue weighted by atomic mass is 10.1. The second-order valence-electron chi connectivity index (χ2n) is 6.11. The molecule has 1 unspecified atom stereocenters. The van der Waals surface area contributed by atoms with Gasteiger partial charge in [-0.1, -0.05) is 20.3 Å². The molecule has 0 bridgehead atoms. The van der Waals surface area contributed by atoms with E-state index in [1.54, 1.807) is 24.0 Å². The maximum Gasteiger partial charge on any atom is 0.240 e. The summed E-state index contributed by atoms with van der Waals surface area (Å²) >= 11 is 0. The molecule has 7 nitrogen and oxygen atoms in total. The average Bonchev–Trinajstić information content (AvgIpc) is 2.94. The number of hydrogen-bond donors (Lipinski definition) is 2. The van der Waals surface area contributed by atoms with E-state index < -0.39 is 10.0 Å². The summed E-state index contributed by atoms with van der Waals surface area (Å²) in [6.45, 7) is 5.21. The minimum Gasteiger partial charge on any atom is -0.342 e. The number of carbonyl (C=O) groups is 2. The quantitative estimate of drug-likeness (QED) is 0.729. The molecule has 2 amide bonds. The fraction of sp³-hybridized carbons (Fsp3) is 0.529. The molecule has 0 spiro atoms. The summed E-state index contributed by atoms with van der Waals surface area (Å²) in [4.78, 5) is 26.2. The van der Waals surface area contributed by atoms with Crippen LogP contribution in [0, 0.1) is 5.92 Å². The van der Waals surface area contributed by atoms with Gasteiger partial charge in [0.1, 0.15) is 0 Å². The van der Waals surface area contributed by atoms with E-state index in [-0.39, 0.29) is 29.0 Å². The topological polar surface area (TPSA) is 95.6 Å². The van der Waals surface area contributed by atoms with Gasteiger partial charge in [0.2, 0.25) is 21.8 Å². The highest BCUT2D eigenvalue weighted by molar-refractivity contribution is 7.89. The van der Waals surface area contributed by atoms with Gasteiger partial charge in [0.25, 0.3) is 0 Å². The van der Waals surface area contributed by atoms with Gasteiger partial charge >= 0.3 is 0 Å². The van der Waals surface area contributed by atoms with Crippen molar-refractivity contribution in [3.8, 4) is 0 Å². The van der Waals surface area contributed by atoms with Gasteiger partial charge in [0.05, 0.1) is 10.8 Å². The molecule has 1 aromatic rings. The van der Waals surface area contributed by atoms with Gasteiger partial charge in [0, 0.05) is 31.7 Å². The Hall–Kier alpha value is -1.93. The van der Waals surface area contributed by atoms with E-state index in [1.165, 1.54) is 12.1 Å². The van der Waals surface area contributed by atoms with Crippen molar-refractivity contribution < 1.29 is 18.0 Å². The molecule has 1 aromatic carbocycles. The van der Waals surface area contributed by atoms with E-state index in [4.69, 9.17) is 0 Å². The molecule has 0 saturated carbocycles. The minimum atomic E-state index is -3.51. The summed E-state index contributed by atoms with van der Waals surface area (Å²) in [5.74, 6) is -0.565. The van der Waals surface area contributed by atoms with Gasteiger partial charge in [0.15, 0.2) is 0 Å². The van der Waals surface area contributed by atoms with E-state index in [2.05, 4.69) is 17.0 Å². The maximum absolute atomic E-state index is 12.3. The lowest BCUT2D eigenvalue weighted by molar-refractivity contribution is -0.128. The number of nitrogens with zero attached hydrogens (tertiary/aromatic N) is 1. The molecule has 1 fully saturated rings. The van der Waals surface area contributed by atoms with Crippen molar-refractivity contribution in [2.24, 2.45) is 5.92 Å². The summed E-state index contributed by atoms with van der Waals surface area (Å²) in [5, 5.41) is 2.76. The van der Waals surface area contributed by atoms with Crippen LogP contribution in [-0.2, 0) is 19.6 Å². The zero-order valence-corrected chi connectivity index (χ0v) is 15.4. The van der Waals surface area contributed by atoms with Gasteiger partial charge in [-0.2, -0.15) is 0 Å². The number of anilines is 1. The Bertz CT molecular complexity index is 716. The number of hydrogen-bond acceptors (Lipinski definition) is 4. The number of likely N-dealkylation sites (tertiary alicyclic amines) is 1. The van der Waals surface area contributed by atoms with E-state index >= 15 is 0 Å². The molecule has 2 N–H and O–H groups in total. The van der Waals surface area contributed by atoms with Crippen LogP contribution in [0.25, 0.3) is 0 Å². The Morgan fingerprint density at radius 2 is 1.92 bits per heavy atom. The Kier molecular flexibility index (Phi) is 6.55. The van der Waals surface area contributed by atoms with Crippen LogP contribution in [0.4, 0.5) is 5.69 Å². The molecule has 1 aliphatic heterocycles. The maximum atomic E-state index is 12.3. The first-order valence-corrected chi connectivity index (χ1v) is 10.0. The van der Waals surface area contributed by atoms with Gasteiger partial charge in [-0.05, 0) is 30.7 Å². The highest BCUT2D eigenvalue weighted by Gasteiger charge is 2.33. The normalized spacial score (nSPS) is 17.8. The lowest BCUT2D eigenvalue weighted by Crippen LogP contribution is -2.29. The van der Waals surface area contributed by atoms with Crippen molar-refractivity contribution >= 4 is 27.5 Å². The van der Waals surface area contributed by atoms with E-state index in [1.807, 2.05) is 0 Å². The fourth-order valence-corrected chi connectivity index (χ4v) is 3.79. The molecule has 0 aliphatic carbocycles. The fourth-order valence-electron chi connectivity index (χ4n) is 2.75. The first kappa shape index (κ1) is 19.4. The van der Waals surface area contributed by atoms with Crippen LogP contribution in [0.3, 0.4) is 0 Å². The Labute approximate surface area is 148 Å². The van der Waals surface area contributed by atoms with Crippen LogP contribution in [0.1, 0.15) is 33.1 Å². The molecular formula is C17H25N3O4S. The summed E-state index contributed by atoms with van der Waals surface area (Å²) in [6.07, 6.45) is 2.16. The molecule has 2 rings (SSSR count). The lowest BCUT2D eigenvalue weighted by Gasteiger charge is -2.16. The van der Waals surface area contributed by atoms with E-state index in [0.29, 0.717) is 25.3 Å². The van der Waals surface area contributed by atoms with Gasteiger partial charge in [-0.15, -0.1) is 0 Å². The first-order valence-electron chi connectivity index (χ1n) is 8.55. The Balaban J connectivity index is 1.96. The third kappa shape index (κ3) is 5.02. The number of rotatable bonds is 8. The Morgan fingerprint density at radius 3 is 2.52 bits per heavy atom. The number of amides is 2. The Morgan fingerprint density at radius 1 is 1.24 bits per heavy atom. The molecular weight excluding hydrogens is 342 g/mol. The number of benzene rings is 1. The predicted octanol–water partition coefficient (Wildman–Crippen LogP) is 1.57. The van der Waals surface area contributed by atoms with Crippen LogP contribution >= 0.6 is 0 Å². The van der Waals surface area contributed by atoms with Crippen molar-refractivity contribution in [2.45, 2.75) is 38.0 Å². The molecule has 1 saturated heterocycles. The van der Waals surface area contributed by atoms with Crippen LogP contribution in [0.2, 0.25) is 0 Å². The molecule has 138 valence electrons. The molecule has 1 heterocycles. The summed E-state index contributed by atoms with van der Waals surface area (Å²) in [6, 6.07) is 5.99. The van der Waals surface area contributed by atoms with E-state index in [0.717, 1.165) is 12.8 Å². The van der Waals surface area contributed by atoms with Crippen molar-refractivity contribution in [3.05, 3.63) is 24.3 Å². The van der Waals surface area contributed by atoms with Gasteiger partial charge in [-0.25, -0.2) is 13.1 Å². The van der Waals surface area contributed by atoms with Crippen LogP contribution in [0.5, 0.6) is 0 Å². The minimum absolute atomic E-state index is 0.0145. The summed E-state index contributed by atoms with van der Waals surface area (Å²) in [5.41, 5.74) is 0.514. The number of nitrogens with one attached hydrogen (secondary N) is 2. The summed E-state index contributed by atoms with van der Waals surface area (Å²) in [7, 11) is -3.51. The molecule has 8 heteroatoms. The highest BCUT2D eigenvalue weighted by Crippen LogP contribution is 2.21. The molecule has 1 aliphatic rings. The van der Waals surface area contributed by atoms with Gasteiger partial charge < -0.3 is 10.2 Å². The van der Waals surface area contributed by atoms with Crippen LogP contribution in [0.15, 0.2) is 29.2 Å². The number of unbranched alkanes of at least 4 members (excludes halogenated alkanes) is 1. The second-order valence-corrected chi connectivity index (χ2v) is 7.88. The van der Waals surface area contributed by atoms with Crippen molar-refractivity contribution in [3.63, 3.8) is 0 Å². The number of sulfonamides is 1. The predicted molar refractivity (Wildman–Crippen MR) is 95.5 cm³/mol. The highest BCUT2D eigenvalue weighted by atomic mass is 32.2. The SMILES string of the molecule is CCCCN1CC(C(=O)Nc2ccc(S(=O)(=O)NCC)cc2)CC1=O. The monoisotopic (exact) mass is 367 g/mol.